The van der Waals surface area contributed by atoms with Gasteiger partial charge in [-0.2, -0.15) is 0 Å². The highest BCUT2D eigenvalue weighted by Crippen LogP contribution is 2.22. The third kappa shape index (κ3) is 3.95. The van der Waals surface area contributed by atoms with Crippen LogP contribution in [0, 0.1) is 5.41 Å². The highest BCUT2D eigenvalue weighted by Gasteiger charge is 2.25. The fourth-order valence-electron chi connectivity index (χ4n) is 1.24. The Bertz CT molecular complexity index is 508. The Labute approximate surface area is 113 Å². The van der Waals surface area contributed by atoms with Gasteiger partial charge in [-0.3, -0.25) is 0 Å². The van der Waals surface area contributed by atoms with E-state index in [2.05, 4.69) is 4.72 Å². The van der Waals surface area contributed by atoms with Crippen LogP contribution in [0.2, 0.25) is 5.02 Å². The summed E-state index contributed by atoms with van der Waals surface area (Å²) in [5, 5.41) is 9.97. The zero-order chi connectivity index (χ0) is 14.0. The van der Waals surface area contributed by atoms with Gasteiger partial charge in [-0.25, -0.2) is 13.1 Å². The normalized spacial score (nSPS) is 14.5. The highest BCUT2D eigenvalue weighted by molar-refractivity contribution is 7.89. The first-order chi connectivity index (χ1) is 8.14. The van der Waals surface area contributed by atoms with Gasteiger partial charge in [0.1, 0.15) is 4.90 Å². The molecule has 1 aromatic carbocycles. The second kappa shape index (κ2) is 5.57. The molecule has 0 aliphatic rings. The molecular formula is C12H18ClNO3S. The second-order valence-electron chi connectivity index (χ2n) is 5.16. The van der Waals surface area contributed by atoms with Crippen molar-refractivity contribution in [2.75, 3.05) is 6.54 Å². The fraction of sp³-hybridized carbons (Fsp3) is 0.500. The van der Waals surface area contributed by atoms with Gasteiger partial charge < -0.3 is 5.11 Å². The third-order valence-corrected chi connectivity index (χ3v) is 4.52. The Balaban J connectivity index is 2.82. The maximum absolute atomic E-state index is 12.0. The molecule has 0 radical (unpaired) electrons. The summed E-state index contributed by atoms with van der Waals surface area (Å²) < 4.78 is 26.3. The van der Waals surface area contributed by atoms with E-state index in [1.807, 2.05) is 20.8 Å². The molecule has 1 unspecified atom stereocenters. The van der Waals surface area contributed by atoms with Crippen molar-refractivity contribution in [2.24, 2.45) is 5.41 Å². The summed E-state index contributed by atoms with van der Waals surface area (Å²) in [6, 6.07) is 6.19. The van der Waals surface area contributed by atoms with Crippen molar-refractivity contribution in [3.63, 3.8) is 0 Å². The average molecular weight is 292 g/mol. The van der Waals surface area contributed by atoms with E-state index in [0.717, 1.165) is 0 Å². The first kappa shape index (κ1) is 15.4. The molecule has 1 aromatic rings. The van der Waals surface area contributed by atoms with Gasteiger partial charge in [-0.05, 0) is 17.5 Å². The molecule has 0 spiro atoms. The fourth-order valence-corrected chi connectivity index (χ4v) is 2.79. The molecule has 0 aromatic heterocycles. The molecule has 0 aliphatic heterocycles. The van der Waals surface area contributed by atoms with Gasteiger partial charge in [0.2, 0.25) is 10.0 Å². The van der Waals surface area contributed by atoms with Crippen LogP contribution in [0.25, 0.3) is 0 Å². The number of hydrogen-bond donors (Lipinski definition) is 2. The van der Waals surface area contributed by atoms with Gasteiger partial charge >= 0.3 is 0 Å². The number of halogens is 1. The SMILES string of the molecule is CC(C)(C)C(O)CNS(=O)(=O)c1ccccc1Cl. The Morgan fingerprint density at radius 1 is 1.33 bits per heavy atom. The van der Waals surface area contributed by atoms with Crippen molar-refractivity contribution in [2.45, 2.75) is 31.8 Å². The molecule has 0 amide bonds. The minimum atomic E-state index is -3.69. The van der Waals surface area contributed by atoms with Gasteiger partial charge in [0.15, 0.2) is 0 Å². The largest absolute Gasteiger partial charge is 0.391 e. The van der Waals surface area contributed by atoms with E-state index in [1.54, 1.807) is 12.1 Å². The lowest BCUT2D eigenvalue weighted by Gasteiger charge is -2.25. The topological polar surface area (TPSA) is 66.4 Å². The van der Waals surface area contributed by atoms with Gasteiger partial charge in [0.25, 0.3) is 0 Å². The van der Waals surface area contributed by atoms with Crippen LogP contribution in [-0.4, -0.2) is 26.2 Å². The van der Waals surface area contributed by atoms with E-state index in [-0.39, 0.29) is 21.9 Å². The summed E-state index contributed by atoms with van der Waals surface area (Å²) in [5.41, 5.74) is -0.386. The van der Waals surface area contributed by atoms with Crippen LogP contribution in [0.3, 0.4) is 0 Å². The van der Waals surface area contributed by atoms with Crippen LogP contribution in [0.1, 0.15) is 20.8 Å². The smallest absolute Gasteiger partial charge is 0.242 e. The molecule has 0 saturated carbocycles. The Hall–Kier alpha value is -0.620. The molecule has 6 heteroatoms. The van der Waals surface area contributed by atoms with Crippen LogP contribution < -0.4 is 4.72 Å². The zero-order valence-electron chi connectivity index (χ0n) is 10.6. The van der Waals surface area contributed by atoms with E-state index in [1.165, 1.54) is 12.1 Å². The van der Waals surface area contributed by atoms with Crippen LogP contribution in [0.5, 0.6) is 0 Å². The molecule has 0 heterocycles. The van der Waals surface area contributed by atoms with Crippen molar-refractivity contribution in [1.29, 1.82) is 0 Å². The van der Waals surface area contributed by atoms with Crippen molar-refractivity contribution in [3.05, 3.63) is 29.3 Å². The molecule has 2 N–H and O–H groups in total. The van der Waals surface area contributed by atoms with E-state index in [9.17, 15) is 13.5 Å². The number of aliphatic hydroxyl groups is 1. The predicted molar refractivity (Wildman–Crippen MR) is 72.1 cm³/mol. The number of aliphatic hydroxyl groups excluding tert-OH is 1. The Morgan fingerprint density at radius 3 is 2.39 bits per heavy atom. The third-order valence-electron chi connectivity index (χ3n) is 2.59. The molecule has 0 saturated heterocycles. The molecule has 0 fully saturated rings. The van der Waals surface area contributed by atoms with Crippen molar-refractivity contribution >= 4 is 21.6 Å². The molecule has 4 nitrogen and oxygen atoms in total. The maximum Gasteiger partial charge on any atom is 0.242 e. The number of hydrogen-bond acceptors (Lipinski definition) is 3. The quantitative estimate of drug-likeness (QED) is 0.892. The summed E-state index contributed by atoms with van der Waals surface area (Å²) in [7, 11) is -3.69. The Morgan fingerprint density at radius 2 is 1.89 bits per heavy atom. The molecule has 18 heavy (non-hydrogen) atoms. The summed E-state index contributed by atoms with van der Waals surface area (Å²) >= 11 is 5.83. The average Bonchev–Trinajstić information content (AvgIpc) is 2.25. The van der Waals surface area contributed by atoms with Gasteiger partial charge in [-0.1, -0.05) is 44.5 Å². The lowest BCUT2D eigenvalue weighted by molar-refractivity contribution is 0.0677. The molecule has 1 atom stereocenters. The van der Waals surface area contributed by atoms with Gasteiger partial charge in [0.05, 0.1) is 11.1 Å². The van der Waals surface area contributed by atoms with E-state index < -0.39 is 16.1 Å². The summed E-state index contributed by atoms with van der Waals surface area (Å²) in [6.07, 6.45) is -0.769. The molecule has 0 bridgehead atoms. The molecule has 1 rings (SSSR count). The minimum Gasteiger partial charge on any atom is -0.391 e. The monoisotopic (exact) mass is 291 g/mol. The van der Waals surface area contributed by atoms with Crippen LogP contribution in [-0.2, 0) is 10.0 Å². The molecule has 0 aliphatic carbocycles. The minimum absolute atomic E-state index is 0.0211. The van der Waals surface area contributed by atoms with Crippen molar-refractivity contribution in [1.82, 2.24) is 4.72 Å². The number of nitrogens with one attached hydrogen (secondary N) is 1. The maximum atomic E-state index is 12.0. The lowest BCUT2D eigenvalue weighted by Crippen LogP contribution is -2.39. The first-order valence-electron chi connectivity index (χ1n) is 5.57. The zero-order valence-corrected chi connectivity index (χ0v) is 12.2. The summed E-state index contributed by atoms with van der Waals surface area (Å²) in [5.74, 6) is 0. The first-order valence-corrected chi connectivity index (χ1v) is 7.43. The standard InChI is InChI=1S/C12H18ClNO3S/c1-12(2,3)11(15)8-14-18(16,17)10-7-5-4-6-9(10)13/h4-7,11,14-15H,8H2,1-3H3. The van der Waals surface area contributed by atoms with Crippen molar-refractivity contribution < 1.29 is 13.5 Å². The summed E-state index contributed by atoms with van der Waals surface area (Å²) in [4.78, 5) is 0.0211. The second-order valence-corrected chi connectivity index (χ2v) is 7.31. The van der Waals surface area contributed by atoms with E-state index >= 15 is 0 Å². The van der Waals surface area contributed by atoms with E-state index in [0.29, 0.717) is 0 Å². The summed E-state index contributed by atoms with van der Waals surface area (Å²) in [6.45, 7) is 5.46. The Kier molecular flexibility index (Phi) is 4.78. The number of benzene rings is 1. The highest BCUT2D eigenvalue weighted by atomic mass is 35.5. The van der Waals surface area contributed by atoms with Crippen LogP contribution >= 0.6 is 11.6 Å². The lowest BCUT2D eigenvalue weighted by atomic mass is 9.89. The van der Waals surface area contributed by atoms with E-state index in [4.69, 9.17) is 11.6 Å². The molecular weight excluding hydrogens is 274 g/mol. The predicted octanol–water partition coefficient (Wildman–Crippen LogP) is 2.03. The number of sulfonamides is 1. The van der Waals surface area contributed by atoms with Gasteiger partial charge in [-0.15, -0.1) is 0 Å². The van der Waals surface area contributed by atoms with Crippen molar-refractivity contribution in [3.8, 4) is 0 Å². The molecule has 102 valence electrons. The van der Waals surface area contributed by atoms with Gasteiger partial charge in [0, 0.05) is 6.54 Å². The van der Waals surface area contributed by atoms with Crippen LogP contribution in [0.15, 0.2) is 29.2 Å². The van der Waals surface area contributed by atoms with Crippen LogP contribution in [0.4, 0.5) is 0 Å². The number of rotatable bonds is 4.